The fraction of sp³-hybridized carbons (Fsp3) is 0.562. The van der Waals surface area contributed by atoms with Crippen molar-refractivity contribution >= 4 is 17.5 Å². The topological polar surface area (TPSA) is 49.3 Å². The van der Waals surface area contributed by atoms with Crippen LogP contribution in [0.4, 0.5) is 0 Å². The van der Waals surface area contributed by atoms with Gasteiger partial charge in [0.2, 0.25) is 5.91 Å². The van der Waals surface area contributed by atoms with Crippen molar-refractivity contribution in [1.29, 1.82) is 0 Å². The summed E-state index contributed by atoms with van der Waals surface area (Å²) in [6.45, 7) is 0.903. The van der Waals surface area contributed by atoms with E-state index in [0.29, 0.717) is 11.6 Å². The summed E-state index contributed by atoms with van der Waals surface area (Å²) in [4.78, 5) is 12.5. The van der Waals surface area contributed by atoms with Crippen LogP contribution in [-0.4, -0.2) is 24.2 Å². The Hall–Kier alpha value is -1.06. The number of carbonyl (C=O) groups excluding carboxylic acids is 1. The third-order valence-electron chi connectivity index (χ3n) is 4.80. The molecule has 1 aromatic carbocycles. The van der Waals surface area contributed by atoms with E-state index in [2.05, 4.69) is 5.32 Å². The summed E-state index contributed by atoms with van der Waals surface area (Å²) in [6, 6.07) is 7.60. The van der Waals surface area contributed by atoms with Crippen LogP contribution in [0.3, 0.4) is 0 Å². The lowest BCUT2D eigenvalue weighted by Gasteiger charge is -2.19. The van der Waals surface area contributed by atoms with Crippen LogP contribution < -0.4 is 5.32 Å². The number of aliphatic hydroxyl groups excluding tert-OH is 1. The minimum Gasteiger partial charge on any atom is -0.396 e. The van der Waals surface area contributed by atoms with Crippen LogP contribution in [0.15, 0.2) is 24.3 Å². The highest BCUT2D eigenvalue weighted by Crippen LogP contribution is 2.50. The average Bonchev–Trinajstić information content (AvgIpc) is 3.33. The molecule has 0 saturated heterocycles. The Morgan fingerprint density at radius 3 is 2.35 bits per heavy atom. The van der Waals surface area contributed by atoms with Gasteiger partial charge >= 0.3 is 0 Å². The molecular weight excluding hydrogens is 274 g/mol. The van der Waals surface area contributed by atoms with E-state index in [9.17, 15) is 4.79 Å². The van der Waals surface area contributed by atoms with Gasteiger partial charge in [-0.3, -0.25) is 4.79 Å². The van der Waals surface area contributed by atoms with Gasteiger partial charge in [0, 0.05) is 18.2 Å². The normalized spacial score (nSPS) is 21.3. The smallest absolute Gasteiger partial charge is 0.230 e. The number of rotatable bonds is 6. The van der Waals surface area contributed by atoms with E-state index in [-0.39, 0.29) is 23.3 Å². The van der Waals surface area contributed by atoms with E-state index in [0.717, 1.165) is 37.7 Å². The summed E-state index contributed by atoms with van der Waals surface area (Å²) in [5.74, 6) is 0.129. The molecule has 3 rings (SSSR count). The van der Waals surface area contributed by atoms with Gasteiger partial charge in [-0.2, -0.15) is 0 Å². The summed E-state index contributed by atoms with van der Waals surface area (Å²) < 4.78 is 0. The Labute approximate surface area is 124 Å². The molecule has 4 heteroatoms. The quantitative estimate of drug-likeness (QED) is 0.847. The maximum Gasteiger partial charge on any atom is 0.230 e. The second-order valence-corrected chi connectivity index (χ2v) is 6.68. The molecule has 20 heavy (non-hydrogen) atoms. The zero-order chi connectivity index (χ0) is 14.2. The lowest BCUT2D eigenvalue weighted by Crippen LogP contribution is -2.38. The molecule has 2 fully saturated rings. The third kappa shape index (κ3) is 2.57. The van der Waals surface area contributed by atoms with Crippen LogP contribution in [0, 0.1) is 5.41 Å². The molecule has 0 aliphatic heterocycles. The summed E-state index contributed by atoms with van der Waals surface area (Å²) in [6.07, 6.45) is 4.84. The van der Waals surface area contributed by atoms with Crippen molar-refractivity contribution in [2.45, 2.75) is 37.5 Å². The third-order valence-corrected chi connectivity index (χ3v) is 5.06. The van der Waals surface area contributed by atoms with Crippen molar-refractivity contribution in [1.82, 2.24) is 5.32 Å². The first-order valence-corrected chi connectivity index (χ1v) is 7.63. The second kappa shape index (κ2) is 5.05. The molecule has 2 aliphatic rings. The van der Waals surface area contributed by atoms with Gasteiger partial charge in [-0.1, -0.05) is 23.7 Å². The van der Waals surface area contributed by atoms with Crippen LogP contribution in [0.25, 0.3) is 0 Å². The number of nitrogens with one attached hydrogen (secondary N) is 1. The summed E-state index contributed by atoms with van der Waals surface area (Å²) in [7, 11) is 0. The Balaban J connectivity index is 1.63. The van der Waals surface area contributed by atoms with Gasteiger partial charge in [0.05, 0.1) is 5.41 Å². The van der Waals surface area contributed by atoms with Gasteiger partial charge in [-0.15, -0.1) is 0 Å². The lowest BCUT2D eigenvalue weighted by atomic mass is 9.94. The number of benzene rings is 1. The number of aliphatic hydroxyl groups is 1. The average molecular weight is 294 g/mol. The van der Waals surface area contributed by atoms with E-state index >= 15 is 0 Å². The molecule has 108 valence electrons. The highest BCUT2D eigenvalue weighted by molar-refractivity contribution is 6.30. The molecule has 2 aliphatic carbocycles. The predicted octanol–water partition coefficient (Wildman–Crippen LogP) is 2.65. The van der Waals surface area contributed by atoms with E-state index in [1.807, 2.05) is 24.3 Å². The van der Waals surface area contributed by atoms with Gasteiger partial charge in [-0.05, 0) is 55.2 Å². The molecule has 0 unspecified atom stereocenters. The SMILES string of the molecule is O=C(NCC1(CCO)CC1)C1(c2ccc(Cl)cc2)CC1. The van der Waals surface area contributed by atoms with Crippen molar-refractivity contribution in [3.05, 3.63) is 34.9 Å². The summed E-state index contributed by atoms with van der Waals surface area (Å²) in [5, 5.41) is 12.9. The first-order chi connectivity index (χ1) is 9.60. The number of carbonyl (C=O) groups is 1. The summed E-state index contributed by atoms with van der Waals surface area (Å²) in [5.41, 5.74) is 0.895. The van der Waals surface area contributed by atoms with Crippen molar-refractivity contribution in [3.8, 4) is 0 Å². The van der Waals surface area contributed by atoms with Crippen LogP contribution in [0.1, 0.15) is 37.7 Å². The van der Waals surface area contributed by atoms with Crippen molar-refractivity contribution in [3.63, 3.8) is 0 Å². The first-order valence-electron chi connectivity index (χ1n) is 7.26. The molecule has 0 atom stereocenters. The molecule has 0 spiro atoms. The van der Waals surface area contributed by atoms with Crippen molar-refractivity contribution in [2.75, 3.05) is 13.2 Å². The molecule has 3 nitrogen and oxygen atoms in total. The molecular formula is C16H20ClNO2. The van der Waals surface area contributed by atoms with E-state index in [4.69, 9.17) is 16.7 Å². The molecule has 0 aromatic heterocycles. The molecule has 1 amide bonds. The minimum atomic E-state index is -0.333. The van der Waals surface area contributed by atoms with E-state index in [1.165, 1.54) is 0 Å². The van der Waals surface area contributed by atoms with Gasteiger partial charge in [-0.25, -0.2) is 0 Å². The molecule has 0 bridgehead atoms. The largest absolute Gasteiger partial charge is 0.396 e. The zero-order valence-electron chi connectivity index (χ0n) is 11.5. The predicted molar refractivity (Wildman–Crippen MR) is 78.7 cm³/mol. The standard InChI is InChI=1S/C16H20ClNO2/c17-13-3-1-12(2-4-13)16(7-8-16)14(20)18-11-15(5-6-15)9-10-19/h1-4,19H,5-11H2,(H,18,20). The van der Waals surface area contributed by atoms with Crippen LogP contribution in [0.5, 0.6) is 0 Å². The Morgan fingerprint density at radius 2 is 1.85 bits per heavy atom. The maximum atomic E-state index is 12.5. The number of hydrogen-bond donors (Lipinski definition) is 2. The highest BCUT2D eigenvalue weighted by atomic mass is 35.5. The van der Waals surface area contributed by atoms with Gasteiger partial charge in [0.1, 0.15) is 0 Å². The number of halogens is 1. The van der Waals surface area contributed by atoms with E-state index in [1.54, 1.807) is 0 Å². The molecule has 0 heterocycles. The lowest BCUT2D eigenvalue weighted by molar-refractivity contribution is -0.123. The van der Waals surface area contributed by atoms with E-state index < -0.39 is 0 Å². The molecule has 1 aromatic rings. The Morgan fingerprint density at radius 1 is 1.20 bits per heavy atom. The second-order valence-electron chi connectivity index (χ2n) is 6.25. The van der Waals surface area contributed by atoms with Crippen LogP contribution >= 0.6 is 11.6 Å². The van der Waals surface area contributed by atoms with Crippen molar-refractivity contribution in [2.24, 2.45) is 5.41 Å². The maximum absolute atomic E-state index is 12.5. The fourth-order valence-corrected chi connectivity index (χ4v) is 3.03. The Bertz CT molecular complexity index is 504. The molecule has 2 N–H and O–H groups in total. The minimum absolute atomic E-state index is 0.129. The molecule has 2 saturated carbocycles. The first kappa shape index (κ1) is 13.9. The monoisotopic (exact) mass is 293 g/mol. The highest BCUT2D eigenvalue weighted by Gasteiger charge is 2.52. The number of hydrogen-bond acceptors (Lipinski definition) is 2. The van der Waals surface area contributed by atoms with Gasteiger partial charge in [0.15, 0.2) is 0 Å². The van der Waals surface area contributed by atoms with Gasteiger partial charge in [0.25, 0.3) is 0 Å². The van der Waals surface area contributed by atoms with Crippen LogP contribution in [-0.2, 0) is 10.2 Å². The van der Waals surface area contributed by atoms with Crippen LogP contribution in [0.2, 0.25) is 5.02 Å². The summed E-state index contributed by atoms with van der Waals surface area (Å²) >= 11 is 5.90. The fourth-order valence-electron chi connectivity index (χ4n) is 2.91. The number of amides is 1. The van der Waals surface area contributed by atoms with Gasteiger partial charge < -0.3 is 10.4 Å². The Kier molecular flexibility index (Phi) is 3.51. The molecule has 0 radical (unpaired) electrons. The zero-order valence-corrected chi connectivity index (χ0v) is 12.2. The van der Waals surface area contributed by atoms with Crippen molar-refractivity contribution < 1.29 is 9.90 Å².